The van der Waals surface area contributed by atoms with Gasteiger partial charge >= 0.3 is 13.1 Å². The molecule has 86 valence electrons. The van der Waals surface area contributed by atoms with E-state index in [1.165, 1.54) is 0 Å². The summed E-state index contributed by atoms with van der Waals surface area (Å²) in [5.41, 5.74) is 0. The summed E-state index contributed by atoms with van der Waals surface area (Å²) in [5, 5.41) is 29.3. The van der Waals surface area contributed by atoms with Crippen molar-refractivity contribution in [2.45, 2.75) is 32.1 Å². The molecule has 0 aromatic carbocycles. The molecule has 15 heavy (non-hydrogen) atoms. The predicted molar refractivity (Wildman–Crippen MR) is 56.3 cm³/mol. The van der Waals surface area contributed by atoms with Gasteiger partial charge in [0.25, 0.3) is 0 Å². The minimum atomic E-state index is -1.28. The van der Waals surface area contributed by atoms with Gasteiger partial charge in [-0.05, 0) is 31.1 Å². The average Bonchev–Trinajstić information content (AvgIpc) is 2.47. The average molecular weight is 215 g/mol. The molecule has 1 rings (SSSR count). The second-order valence-corrected chi connectivity index (χ2v) is 4.28. The van der Waals surface area contributed by atoms with Gasteiger partial charge in [0.2, 0.25) is 0 Å². The molecule has 0 radical (unpaired) electrons. The van der Waals surface area contributed by atoms with Gasteiger partial charge < -0.3 is 20.5 Å². The molecule has 0 saturated carbocycles. The molecule has 3 atom stereocenters. The van der Waals surface area contributed by atoms with Gasteiger partial charge in [-0.25, -0.2) is 0 Å². The first kappa shape index (κ1) is 12.5. The second kappa shape index (κ2) is 5.49. The van der Waals surface area contributed by atoms with Gasteiger partial charge in [0.1, 0.15) is 6.04 Å². The molecule has 3 unspecified atom stereocenters. The Balaban J connectivity index is 2.39. The lowest BCUT2D eigenvalue weighted by Gasteiger charge is -2.18. The van der Waals surface area contributed by atoms with Gasteiger partial charge in [-0.3, -0.25) is 4.79 Å². The molecule has 4 N–H and O–H groups in total. The van der Waals surface area contributed by atoms with Crippen molar-refractivity contribution in [2.75, 3.05) is 6.54 Å². The van der Waals surface area contributed by atoms with Crippen LogP contribution in [0, 0.1) is 11.8 Å². The highest BCUT2D eigenvalue weighted by molar-refractivity contribution is 6.40. The van der Waals surface area contributed by atoms with Gasteiger partial charge in [0.15, 0.2) is 0 Å². The molecule has 1 aliphatic rings. The number of carbonyl (C=O) groups is 1. The quantitative estimate of drug-likeness (QED) is 0.466. The summed E-state index contributed by atoms with van der Waals surface area (Å²) in [7, 11) is -1.28. The first-order valence-corrected chi connectivity index (χ1v) is 5.34. The van der Waals surface area contributed by atoms with Gasteiger partial charge in [-0.2, -0.15) is 0 Å². The molecule has 1 heterocycles. The SMILES string of the molecule is CC1CNC(C(=O)O)C1CCCB(O)O. The van der Waals surface area contributed by atoms with E-state index in [1.807, 2.05) is 6.92 Å². The maximum atomic E-state index is 10.9. The molecular formula is C9H18BNO4. The van der Waals surface area contributed by atoms with Crippen molar-refractivity contribution in [1.29, 1.82) is 0 Å². The Morgan fingerprint density at radius 2 is 2.20 bits per heavy atom. The maximum Gasteiger partial charge on any atom is 0.451 e. The Morgan fingerprint density at radius 1 is 1.53 bits per heavy atom. The van der Waals surface area contributed by atoms with Crippen LogP contribution in [0.1, 0.15) is 19.8 Å². The Hall–Kier alpha value is -0.585. The number of hydrogen-bond acceptors (Lipinski definition) is 4. The van der Waals surface area contributed by atoms with E-state index in [0.29, 0.717) is 18.7 Å². The number of aliphatic carboxylic acids is 1. The summed E-state index contributed by atoms with van der Waals surface area (Å²) in [4.78, 5) is 10.9. The smallest absolute Gasteiger partial charge is 0.451 e. The van der Waals surface area contributed by atoms with Crippen LogP contribution in [0.2, 0.25) is 6.32 Å². The Morgan fingerprint density at radius 3 is 2.73 bits per heavy atom. The van der Waals surface area contributed by atoms with Gasteiger partial charge in [-0.1, -0.05) is 13.3 Å². The molecule has 0 aromatic heterocycles. The van der Waals surface area contributed by atoms with Crippen LogP contribution in [0.25, 0.3) is 0 Å². The molecule has 1 saturated heterocycles. The number of hydrogen-bond donors (Lipinski definition) is 4. The summed E-state index contributed by atoms with van der Waals surface area (Å²) < 4.78 is 0. The van der Waals surface area contributed by atoms with Crippen LogP contribution in [0.15, 0.2) is 0 Å². The molecule has 1 aliphatic heterocycles. The lowest BCUT2D eigenvalue weighted by Crippen LogP contribution is -2.35. The molecule has 5 nitrogen and oxygen atoms in total. The van der Waals surface area contributed by atoms with Crippen molar-refractivity contribution >= 4 is 13.1 Å². The first-order valence-electron chi connectivity index (χ1n) is 5.34. The summed E-state index contributed by atoms with van der Waals surface area (Å²) in [6.45, 7) is 2.75. The third-order valence-electron chi connectivity index (χ3n) is 3.08. The molecule has 6 heteroatoms. The molecular weight excluding hydrogens is 197 g/mol. The van der Waals surface area contributed by atoms with E-state index in [2.05, 4.69) is 5.32 Å². The standard InChI is InChI=1S/C9H18BNO4/c1-6-5-11-8(9(12)13)7(6)3-2-4-10(14)15/h6-8,11,14-15H,2-5H2,1H3,(H,12,13). The van der Waals surface area contributed by atoms with Crippen LogP contribution < -0.4 is 5.32 Å². The van der Waals surface area contributed by atoms with Crippen molar-refractivity contribution in [3.05, 3.63) is 0 Å². The Labute approximate surface area is 89.6 Å². The third kappa shape index (κ3) is 3.48. The highest BCUT2D eigenvalue weighted by Gasteiger charge is 2.37. The number of nitrogens with one attached hydrogen (secondary N) is 1. The highest BCUT2D eigenvalue weighted by atomic mass is 16.4. The van der Waals surface area contributed by atoms with Gasteiger partial charge in [0, 0.05) is 0 Å². The van der Waals surface area contributed by atoms with E-state index in [9.17, 15) is 4.79 Å². The molecule has 0 aliphatic carbocycles. The monoisotopic (exact) mass is 215 g/mol. The summed E-state index contributed by atoms with van der Waals surface area (Å²) in [5.74, 6) is -0.378. The van der Waals surface area contributed by atoms with Crippen LogP contribution in [0.4, 0.5) is 0 Å². The largest absolute Gasteiger partial charge is 0.480 e. The lowest BCUT2D eigenvalue weighted by molar-refractivity contribution is -0.140. The summed E-state index contributed by atoms with van der Waals surface area (Å²) in [6.07, 6.45) is 1.69. The normalized spacial score (nSPS) is 30.5. The second-order valence-electron chi connectivity index (χ2n) is 4.28. The fraction of sp³-hybridized carbons (Fsp3) is 0.889. The zero-order chi connectivity index (χ0) is 11.4. The van der Waals surface area contributed by atoms with E-state index in [0.717, 1.165) is 13.0 Å². The lowest BCUT2D eigenvalue weighted by atomic mass is 9.79. The van der Waals surface area contributed by atoms with Crippen molar-refractivity contribution in [2.24, 2.45) is 11.8 Å². The fourth-order valence-electron chi connectivity index (χ4n) is 2.20. The summed E-state index contributed by atoms with van der Waals surface area (Å²) >= 11 is 0. The number of rotatable bonds is 5. The fourth-order valence-corrected chi connectivity index (χ4v) is 2.20. The van der Waals surface area contributed by atoms with Crippen LogP contribution in [0.5, 0.6) is 0 Å². The maximum absolute atomic E-state index is 10.9. The molecule has 0 bridgehead atoms. The minimum Gasteiger partial charge on any atom is -0.480 e. The van der Waals surface area contributed by atoms with Crippen molar-refractivity contribution in [3.63, 3.8) is 0 Å². The van der Waals surface area contributed by atoms with E-state index in [-0.39, 0.29) is 5.92 Å². The minimum absolute atomic E-state index is 0.0984. The third-order valence-corrected chi connectivity index (χ3v) is 3.08. The van der Waals surface area contributed by atoms with E-state index in [1.54, 1.807) is 0 Å². The molecule has 1 fully saturated rings. The Kier molecular flexibility index (Phi) is 4.57. The van der Waals surface area contributed by atoms with E-state index >= 15 is 0 Å². The molecule has 0 spiro atoms. The first-order chi connectivity index (χ1) is 7.02. The van der Waals surface area contributed by atoms with Crippen molar-refractivity contribution < 1.29 is 19.9 Å². The predicted octanol–water partition coefficient (Wildman–Crippen LogP) is -0.452. The number of carboxylic acids is 1. The molecule has 0 amide bonds. The van der Waals surface area contributed by atoms with Crippen molar-refractivity contribution in [3.8, 4) is 0 Å². The van der Waals surface area contributed by atoms with Crippen LogP contribution in [-0.4, -0.2) is 40.8 Å². The number of carboxylic acid groups (broad SMARTS) is 1. The van der Waals surface area contributed by atoms with Gasteiger partial charge in [0.05, 0.1) is 0 Å². The van der Waals surface area contributed by atoms with Crippen molar-refractivity contribution in [1.82, 2.24) is 5.32 Å². The van der Waals surface area contributed by atoms with Crippen LogP contribution >= 0.6 is 0 Å². The van der Waals surface area contributed by atoms with E-state index in [4.69, 9.17) is 15.2 Å². The topological polar surface area (TPSA) is 89.8 Å². The highest BCUT2D eigenvalue weighted by Crippen LogP contribution is 2.27. The summed E-state index contributed by atoms with van der Waals surface area (Å²) in [6, 6.07) is -0.476. The van der Waals surface area contributed by atoms with Gasteiger partial charge in [-0.15, -0.1) is 0 Å². The van der Waals surface area contributed by atoms with E-state index < -0.39 is 19.1 Å². The zero-order valence-electron chi connectivity index (χ0n) is 8.89. The van der Waals surface area contributed by atoms with Crippen LogP contribution in [0.3, 0.4) is 0 Å². The Bertz CT molecular complexity index is 224. The molecule has 0 aromatic rings. The zero-order valence-corrected chi connectivity index (χ0v) is 8.89. The van der Waals surface area contributed by atoms with Crippen LogP contribution in [-0.2, 0) is 4.79 Å².